The van der Waals surface area contributed by atoms with E-state index in [2.05, 4.69) is 44.0 Å². The van der Waals surface area contributed by atoms with Crippen LogP contribution in [0.1, 0.15) is 19.4 Å². The Morgan fingerprint density at radius 1 is 1.32 bits per heavy atom. The molecular formula is C17H20BrN3O. The van der Waals surface area contributed by atoms with Crippen LogP contribution in [0, 0.1) is 0 Å². The number of halogens is 1. The summed E-state index contributed by atoms with van der Waals surface area (Å²) in [6.45, 7) is 6.23. The standard InChI is InChI=1S/C17H20BrN3O/c1-3-5-11-22-16-9-8-15(18)12-14(16)13-21(4-2)17-7-6-10-19-20-17/h3,5-10,12H,4,11,13H2,1-2H3. The van der Waals surface area contributed by atoms with E-state index >= 15 is 0 Å². The molecule has 0 fully saturated rings. The van der Waals surface area contributed by atoms with Gasteiger partial charge in [0.25, 0.3) is 0 Å². The number of hydrogen-bond acceptors (Lipinski definition) is 4. The Bertz CT molecular complexity index is 617. The first-order valence-electron chi connectivity index (χ1n) is 7.29. The summed E-state index contributed by atoms with van der Waals surface area (Å²) in [6, 6.07) is 9.94. The van der Waals surface area contributed by atoms with E-state index < -0.39 is 0 Å². The van der Waals surface area contributed by atoms with Crippen molar-refractivity contribution in [3.8, 4) is 5.75 Å². The van der Waals surface area contributed by atoms with Crippen molar-refractivity contribution in [3.05, 3.63) is 58.7 Å². The van der Waals surface area contributed by atoms with Crippen molar-refractivity contribution in [2.75, 3.05) is 18.1 Å². The molecule has 1 heterocycles. The maximum absolute atomic E-state index is 5.84. The predicted molar refractivity (Wildman–Crippen MR) is 93.2 cm³/mol. The Kier molecular flexibility index (Phi) is 6.40. The van der Waals surface area contributed by atoms with Gasteiger partial charge in [-0.05, 0) is 44.2 Å². The van der Waals surface area contributed by atoms with Crippen molar-refractivity contribution in [1.29, 1.82) is 0 Å². The van der Waals surface area contributed by atoms with Gasteiger partial charge in [0, 0.05) is 29.3 Å². The molecule has 4 nitrogen and oxygen atoms in total. The lowest BCUT2D eigenvalue weighted by atomic mass is 10.2. The summed E-state index contributed by atoms with van der Waals surface area (Å²) >= 11 is 3.53. The number of rotatable bonds is 7. The molecule has 0 N–H and O–H groups in total. The van der Waals surface area contributed by atoms with Gasteiger partial charge in [-0.1, -0.05) is 28.1 Å². The molecule has 0 radical (unpaired) electrons. The van der Waals surface area contributed by atoms with Gasteiger partial charge in [-0.2, -0.15) is 5.10 Å². The van der Waals surface area contributed by atoms with Crippen LogP contribution in [0.3, 0.4) is 0 Å². The number of ether oxygens (including phenoxy) is 1. The van der Waals surface area contributed by atoms with Gasteiger partial charge in [-0.15, -0.1) is 5.10 Å². The molecule has 1 aromatic heterocycles. The van der Waals surface area contributed by atoms with Crippen LogP contribution in [0.15, 0.2) is 53.2 Å². The van der Waals surface area contributed by atoms with E-state index in [1.54, 1.807) is 6.20 Å². The second kappa shape index (κ2) is 8.54. The zero-order chi connectivity index (χ0) is 15.8. The van der Waals surface area contributed by atoms with E-state index in [4.69, 9.17) is 4.74 Å². The van der Waals surface area contributed by atoms with E-state index in [1.807, 2.05) is 43.3 Å². The van der Waals surface area contributed by atoms with Crippen molar-refractivity contribution in [3.63, 3.8) is 0 Å². The number of benzene rings is 1. The van der Waals surface area contributed by atoms with Crippen LogP contribution >= 0.6 is 15.9 Å². The zero-order valence-electron chi connectivity index (χ0n) is 12.9. The normalized spacial score (nSPS) is 10.9. The van der Waals surface area contributed by atoms with E-state index in [-0.39, 0.29) is 0 Å². The lowest BCUT2D eigenvalue weighted by molar-refractivity contribution is 0.358. The third kappa shape index (κ3) is 4.56. The molecule has 0 aliphatic rings. The molecule has 116 valence electrons. The van der Waals surface area contributed by atoms with E-state index in [0.29, 0.717) is 6.61 Å². The Morgan fingerprint density at radius 3 is 2.86 bits per heavy atom. The maximum atomic E-state index is 5.84. The maximum Gasteiger partial charge on any atom is 0.151 e. The molecule has 0 bridgehead atoms. The largest absolute Gasteiger partial charge is 0.489 e. The molecule has 2 rings (SSSR count). The Labute approximate surface area is 140 Å². The molecule has 22 heavy (non-hydrogen) atoms. The minimum absolute atomic E-state index is 0.572. The highest BCUT2D eigenvalue weighted by Gasteiger charge is 2.11. The number of nitrogens with zero attached hydrogens (tertiary/aromatic N) is 3. The van der Waals surface area contributed by atoms with Crippen LogP contribution in [0.4, 0.5) is 5.82 Å². The first kappa shape index (κ1) is 16.5. The fourth-order valence-corrected chi connectivity index (χ4v) is 2.48. The molecule has 0 unspecified atom stereocenters. The summed E-state index contributed by atoms with van der Waals surface area (Å²) in [6.07, 6.45) is 5.66. The lowest BCUT2D eigenvalue weighted by Crippen LogP contribution is -2.23. The lowest BCUT2D eigenvalue weighted by Gasteiger charge is -2.22. The summed E-state index contributed by atoms with van der Waals surface area (Å²) in [7, 11) is 0. The highest BCUT2D eigenvalue weighted by atomic mass is 79.9. The molecule has 0 aliphatic carbocycles. The van der Waals surface area contributed by atoms with E-state index in [9.17, 15) is 0 Å². The predicted octanol–water partition coefficient (Wildman–Crippen LogP) is 4.22. The number of allylic oxidation sites excluding steroid dienone is 1. The van der Waals surface area contributed by atoms with Gasteiger partial charge in [-0.3, -0.25) is 0 Å². The van der Waals surface area contributed by atoms with Crippen molar-refractivity contribution >= 4 is 21.7 Å². The summed E-state index contributed by atoms with van der Waals surface area (Å²) in [4.78, 5) is 2.16. The second-order valence-corrected chi connectivity index (χ2v) is 5.64. The van der Waals surface area contributed by atoms with Gasteiger partial charge in [0.15, 0.2) is 5.82 Å². The molecule has 0 saturated carbocycles. The molecule has 2 aromatic rings. The molecule has 5 heteroatoms. The third-order valence-corrected chi connectivity index (χ3v) is 3.71. The van der Waals surface area contributed by atoms with E-state index in [1.165, 1.54) is 0 Å². The molecule has 0 spiro atoms. The minimum Gasteiger partial charge on any atom is -0.489 e. The minimum atomic E-state index is 0.572. The fourth-order valence-electron chi connectivity index (χ4n) is 2.07. The van der Waals surface area contributed by atoms with Gasteiger partial charge in [0.1, 0.15) is 12.4 Å². The highest BCUT2D eigenvalue weighted by Crippen LogP contribution is 2.26. The summed E-state index contributed by atoms with van der Waals surface area (Å²) in [5, 5.41) is 8.14. The summed E-state index contributed by atoms with van der Waals surface area (Å²) < 4.78 is 6.88. The number of aromatic nitrogens is 2. The van der Waals surface area contributed by atoms with Gasteiger partial charge < -0.3 is 9.64 Å². The number of anilines is 1. The van der Waals surface area contributed by atoms with Crippen molar-refractivity contribution < 1.29 is 4.74 Å². The Balaban J connectivity index is 2.20. The van der Waals surface area contributed by atoms with Gasteiger partial charge >= 0.3 is 0 Å². The summed E-state index contributed by atoms with van der Waals surface area (Å²) in [5.41, 5.74) is 1.12. The average Bonchev–Trinajstić information content (AvgIpc) is 2.55. The molecule has 0 aliphatic heterocycles. The summed E-state index contributed by atoms with van der Waals surface area (Å²) in [5.74, 6) is 1.76. The van der Waals surface area contributed by atoms with Gasteiger partial charge in [-0.25, -0.2) is 0 Å². The van der Waals surface area contributed by atoms with Crippen LogP contribution in [-0.4, -0.2) is 23.3 Å². The monoisotopic (exact) mass is 361 g/mol. The fraction of sp³-hybridized carbons (Fsp3) is 0.294. The van der Waals surface area contributed by atoms with Crippen LogP contribution in [0.2, 0.25) is 0 Å². The average molecular weight is 362 g/mol. The first-order chi connectivity index (χ1) is 10.7. The second-order valence-electron chi connectivity index (χ2n) is 4.73. The first-order valence-corrected chi connectivity index (χ1v) is 8.09. The molecule has 0 atom stereocenters. The van der Waals surface area contributed by atoms with Crippen LogP contribution in [0.5, 0.6) is 5.75 Å². The number of hydrogen-bond donors (Lipinski definition) is 0. The SMILES string of the molecule is CC=CCOc1ccc(Br)cc1CN(CC)c1cccnn1. The topological polar surface area (TPSA) is 38.2 Å². The van der Waals surface area contributed by atoms with Crippen LogP contribution in [0.25, 0.3) is 0 Å². The van der Waals surface area contributed by atoms with Crippen LogP contribution in [-0.2, 0) is 6.54 Å². The molecule has 0 amide bonds. The highest BCUT2D eigenvalue weighted by molar-refractivity contribution is 9.10. The molecule has 0 saturated heterocycles. The molecule has 1 aromatic carbocycles. The van der Waals surface area contributed by atoms with Crippen molar-refractivity contribution in [2.45, 2.75) is 20.4 Å². The molecular weight excluding hydrogens is 342 g/mol. The third-order valence-electron chi connectivity index (χ3n) is 3.22. The van der Waals surface area contributed by atoms with Gasteiger partial charge in [0.2, 0.25) is 0 Å². The quantitative estimate of drug-likeness (QED) is 0.692. The zero-order valence-corrected chi connectivity index (χ0v) is 14.5. The van der Waals surface area contributed by atoms with Crippen molar-refractivity contribution in [1.82, 2.24) is 10.2 Å². The van der Waals surface area contributed by atoms with Crippen molar-refractivity contribution in [2.24, 2.45) is 0 Å². The van der Waals surface area contributed by atoms with Crippen LogP contribution < -0.4 is 9.64 Å². The van der Waals surface area contributed by atoms with Gasteiger partial charge in [0.05, 0.1) is 0 Å². The Hall–Kier alpha value is -1.88. The van der Waals surface area contributed by atoms with E-state index in [0.717, 1.165) is 34.7 Å². The Morgan fingerprint density at radius 2 is 2.18 bits per heavy atom. The smallest absolute Gasteiger partial charge is 0.151 e.